The van der Waals surface area contributed by atoms with Crippen molar-refractivity contribution in [1.29, 1.82) is 0 Å². The number of Topliss-reactive ketones (excluding diaryl/α,β-unsaturated/α-hetero) is 1. The number of aliphatic hydroxyl groups excluding tert-OH is 3. The number of aryl methyl sites for hydroxylation is 1. The molecule has 0 saturated carbocycles. The quantitative estimate of drug-likeness (QED) is 0.0351. The number of ketones is 1. The Morgan fingerprint density at radius 1 is 1.00 bits per heavy atom. The van der Waals surface area contributed by atoms with Gasteiger partial charge in [0.15, 0.2) is 17.4 Å². The van der Waals surface area contributed by atoms with Crippen LogP contribution >= 0.6 is 0 Å². The summed E-state index contributed by atoms with van der Waals surface area (Å²) in [7, 11) is 1.41. The van der Waals surface area contributed by atoms with Gasteiger partial charge in [0.05, 0.1) is 77.0 Å². The molecule has 75 heavy (non-hydrogen) atoms. The fourth-order valence-electron chi connectivity index (χ4n) is 9.98. The van der Waals surface area contributed by atoms with Crippen LogP contribution in [0.4, 0.5) is 15.9 Å². The van der Waals surface area contributed by atoms with Gasteiger partial charge < -0.3 is 64.4 Å². The van der Waals surface area contributed by atoms with E-state index in [1.165, 1.54) is 65.4 Å². The van der Waals surface area contributed by atoms with Crippen LogP contribution in [0.25, 0.3) is 27.6 Å². The number of hydrogen-bond acceptors (Lipinski definition) is 18. The van der Waals surface area contributed by atoms with Gasteiger partial charge in [0.1, 0.15) is 34.8 Å². The number of aliphatic hydroxyl groups is 3. The van der Waals surface area contributed by atoms with Crippen molar-refractivity contribution in [3.8, 4) is 23.0 Å². The molecule has 4 aliphatic heterocycles. The molecule has 6 heterocycles. The third kappa shape index (κ3) is 10.4. The zero-order chi connectivity index (χ0) is 55.1. The van der Waals surface area contributed by atoms with Gasteiger partial charge in [-0.15, -0.1) is 0 Å². The molecule has 0 unspecified atom stereocenters. The zero-order valence-electron chi connectivity index (χ0n) is 43.5. The number of aromatic hydroxyl groups is 3. The molecule has 7 N–H and O–H groups in total. The number of carbonyl (C=O) groups is 3. The summed E-state index contributed by atoms with van der Waals surface area (Å²) in [5.74, 6) is -10.5. The Labute approximate surface area is 432 Å². The number of halogens is 1. The molecule has 0 spiro atoms. The van der Waals surface area contributed by atoms with Crippen LogP contribution in [-0.2, 0) is 30.3 Å². The number of hydrazone groups is 1. The number of benzene rings is 2. The lowest BCUT2D eigenvalue weighted by atomic mass is 9.78. The van der Waals surface area contributed by atoms with E-state index in [0.29, 0.717) is 6.54 Å². The number of esters is 1. The Hall–Kier alpha value is -7.49. The minimum atomic E-state index is -2.14. The van der Waals surface area contributed by atoms with E-state index in [-0.39, 0.29) is 87.7 Å². The van der Waals surface area contributed by atoms with Crippen molar-refractivity contribution in [2.24, 2.45) is 28.8 Å². The van der Waals surface area contributed by atoms with E-state index in [1.807, 2.05) is 0 Å². The lowest BCUT2D eigenvalue weighted by molar-refractivity contribution is -0.160. The Kier molecular flexibility index (Phi) is 16.0. The van der Waals surface area contributed by atoms with E-state index in [1.54, 1.807) is 55.2 Å². The summed E-state index contributed by atoms with van der Waals surface area (Å²) in [6.07, 6.45) is 5.74. The fraction of sp³-hybridized carbons (Fsp3) is 0.444. The van der Waals surface area contributed by atoms with Crippen molar-refractivity contribution in [3.05, 3.63) is 93.3 Å². The minimum Gasteiger partial charge on any atom is -0.508 e. The second-order valence-corrected chi connectivity index (χ2v) is 19.6. The first-order valence-electron chi connectivity index (χ1n) is 24.6. The second-order valence-electron chi connectivity index (χ2n) is 19.6. The number of anilines is 2. The number of phenolic OH excluding ortho intramolecular Hbond substituents is 3. The van der Waals surface area contributed by atoms with E-state index in [9.17, 15) is 49.8 Å². The molecular weight excluding hydrogens is 976 g/mol. The number of nitrogens with zero attached hydrogens (tertiary/aromatic N) is 5. The van der Waals surface area contributed by atoms with Gasteiger partial charge in [-0.2, -0.15) is 5.10 Å². The average Bonchev–Trinajstić information content (AvgIpc) is 3.64. The number of hydrogen-bond donors (Lipinski definition) is 7. The van der Waals surface area contributed by atoms with E-state index < -0.39 is 111 Å². The monoisotopic (exact) mass is 1040 g/mol. The van der Waals surface area contributed by atoms with Crippen LogP contribution in [0.3, 0.4) is 0 Å². The van der Waals surface area contributed by atoms with E-state index in [4.69, 9.17) is 18.9 Å². The number of amides is 1. The number of phenols is 3. The Morgan fingerprint density at radius 2 is 1.68 bits per heavy atom. The normalized spacial score (nSPS) is 27.5. The van der Waals surface area contributed by atoms with E-state index >= 15 is 4.39 Å². The fourth-order valence-corrected chi connectivity index (χ4v) is 9.98. The van der Waals surface area contributed by atoms with Crippen molar-refractivity contribution in [2.75, 3.05) is 43.5 Å². The van der Waals surface area contributed by atoms with Crippen LogP contribution in [0, 0.1) is 36.4 Å². The highest BCUT2D eigenvalue weighted by Gasteiger charge is 2.50. The predicted molar refractivity (Wildman–Crippen MR) is 278 cm³/mol. The Morgan fingerprint density at radius 3 is 2.31 bits per heavy atom. The average molecular weight is 1040 g/mol. The molecule has 9 atom stereocenters. The summed E-state index contributed by atoms with van der Waals surface area (Å²) >= 11 is 0. The van der Waals surface area contributed by atoms with Crippen LogP contribution in [-0.4, -0.2) is 133 Å². The highest BCUT2D eigenvalue weighted by atomic mass is 19.1. The topological polar surface area (TPSA) is 275 Å². The van der Waals surface area contributed by atoms with E-state index in [0.717, 1.165) is 12.3 Å². The summed E-state index contributed by atoms with van der Waals surface area (Å²) in [5, 5.41) is 77.4. The molecule has 1 amide bonds. The lowest BCUT2D eigenvalue weighted by Crippen LogP contribution is -2.46. The summed E-state index contributed by atoms with van der Waals surface area (Å²) < 4.78 is 41.1. The largest absolute Gasteiger partial charge is 0.508 e. The van der Waals surface area contributed by atoms with Gasteiger partial charge in [0, 0.05) is 87.0 Å². The first-order chi connectivity index (χ1) is 35.4. The van der Waals surface area contributed by atoms with Gasteiger partial charge in [-0.3, -0.25) is 24.2 Å². The third-order valence-electron chi connectivity index (χ3n) is 14.6. The number of pyridine rings is 2. The van der Waals surface area contributed by atoms with Crippen LogP contribution < -0.4 is 20.4 Å². The maximum Gasteiger partial charge on any atom is 0.312 e. The standard InChI is InChI=1S/C54H65FN6O14/c1-12-59-24-35(31(8)62)45(67)33-22-36(55)52(58-51(33)59)60-17-19-61(20-18-60)56-23-34-41-47(69)39-38(46(34)68)40-49(30(7)44(39)66)75-54(10,50(40)70)73-21-16-37(72-11)27(4)48(74-32(9)63)29(6)43(65)28(5)42(64)25(2)14-13-15-26(3)53(71)57-41/h13-16,21-25,27-29,37,42-43,48,62,64-66,68-69H,8,12,17-20H2,1-7,9-11H3,(H,57,71)/b14-13+,21-16+,26-15-,56-23+/t25-,27+,28+,29+,37-,42-,43+,48+,54-/m0/s1. The van der Waals surface area contributed by atoms with E-state index in [2.05, 4.69) is 22.0 Å². The molecule has 21 heteroatoms. The Balaban J connectivity index is 1.30. The van der Waals surface area contributed by atoms with Gasteiger partial charge in [-0.25, -0.2) is 9.37 Å². The molecule has 402 valence electrons. The predicted octanol–water partition coefficient (Wildman–Crippen LogP) is 6.31. The van der Waals surface area contributed by atoms with Gasteiger partial charge in [0.25, 0.3) is 11.7 Å². The van der Waals surface area contributed by atoms with Crippen molar-refractivity contribution in [1.82, 2.24) is 14.6 Å². The molecule has 1 fully saturated rings. The first-order valence-corrected chi connectivity index (χ1v) is 24.6. The molecule has 5 bridgehead atoms. The molecule has 20 nitrogen and oxygen atoms in total. The zero-order valence-corrected chi connectivity index (χ0v) is 43.5. The van der Waals surface area contributed by atoms with Gasteiger partial charge in [-0.1, -0.05) is 52.5 Å². The first kappa shape index (κ1) is 55.3. The number of fused-ring (bicyclic) bond motifs is 15. The van der Waals surface area contributed by atoms with Crippen LogP contribution in [0.2, 0.25) is 0 Å². The highest BCUT2D eigenvalue weighted by Crippen LogP contribution is 2.55. The summed E-state index contributed by atoms with van der Waals surface area (Å²) in [4.78, 5) is 60.4. The lowest BCUT2D eigenvalue weighted by Gasteiger charge is -2.38. The van der Waals surface area contributed by atoms with Crippen LogP contribution in [0.5, 0.6) is 23.0 Å². The maximum atomic E-state index is 15.8. The molecule has 4 aromatic rings. The molecule has 4 aliphatic rings. The SMILES string of the molecule is C=C(O)c1cn(CC)c2nc(N3CCN(/N=C/c4c5c(O)c6c(O)c(C)c7c(c6c4O)C(=O)[C@@](C)(O/C=C/[C@H](OC)[C@@H](C)[C@@H](OC(C)=O)[C@H](C)[C@H](O)[C@H](C)[C@@H](O)[C@@H](C)/C=C/C=C(/C)C(=O)N5)O7)CC3)c(F)cc2c1=O. The summed E-state index contributed by atoms with van der Waals surface area (Å²) in [6, 6.07) is 1.08. The van der Waals surface area contributed by atoms with Crippen molar-refractivity contribution in [2.45, 2.75) is 99.1 Å². The molecule has 2 aromatic heterocycles. The number of methoxy groups -OCH3 is 1. The molecule has 0 radical (unpaired) electrons. The number of piperazine rings is 1. The minimum absolute atomic E-state index is 0.0121. The number of ether oxygens (including phenoxy) is 4. The third-order valence-corrected chi connectivity index (χ3v) is 14.6. The number of nitrogens with one attached hydrogen (secondary N) is 1. The second kappa shape index (κ2) is 21.8. The molecule has 1 saturated heterocycles. The van der Waals surface area contributed by atoms with Gasteiger partial charge >= 0.3 is 11.8 Å². The number of carbonyl (C=O) groups excluding carboxylic acids is 3. The molecule has 8 rings (SSSR count). The molecule has 2 aromatic carbocycles. The molecule has 0 aliphatic carbocycles. The van der Waals surface area contributed by atoms with Crippen molar-refractivity contribution < 1.29 is 68.4 Å². The van der Waals surface area contributed by atoms with Crippen molar-refractivity contribution >= 4 is 62.9 Å². The Bertz CT molecular complexity index is 3140. The number of aromatic nitrogens is 2. The highest BCUT2D eigenvalue weighted by molar-refractivity contribution is 6.24. The maximum absolute atomic E-state index is 15.8. The number of rotatable bonds is 7. The molecular formula is C54H65FN6O14. The summed E-state index contributed by atoms with van der Waals surface area (Å²) in [6.45, 7) is 18.6. The van der Waals surface area contributed by atoms with Crippen molar-refractivity contribution in [3.63, 3.8) is 0 Å². The smallest absolute Gasteiger partial charge is 0.312 e. The van der Waals surface area contributed by atoms with Crippen LogP contribution in [0.1, 0.15) is 82.4 Å². The van der Waals surface area contributed by atoms with Gasteiger partial charge in [0.2, 0.25) is 5.43 Å². The van der Waals surface area contributed by atoms with Gasteiger partial charge in [-0.05, 0) is 32.9 Å². The van der Waals surface area contributed by atoms with Crippen LogP contribution in [0.15, 0.2) is 64.9 Å². The number of allylic oxidation sites excluding steroid dienone is 2. The summed E-state index contributed by atoms with van der Waals surface area (Å²) in [5.41, 5.74) is -1.33.